The summed E-state index contributed by atoms with van der Waals surface area (Å²) in [6.07, 6.45) is 4.65. The van der Waals surface area contributed by atoms with Crippen LogP contribution in [0.3, 0.4) is 0 Å². The number of para-hydroxylation sites is 1. The molecule has 0 aromatic heterocycles. The van der Waals surface area contributed by atoms with Crippen LogP contribution in [0.4, 0.5) is 11.4 Å². The van der Waals surface area contributed by atoms with Gasteiger partial charge in [0.05, 0.1) is 29.5 Å². The summed E-state index contributed by atoms with van der Waals surface area (Å²) in [5.74, 6) is 1.16. The van der Waals surface area contributed by atoms with E-state index >= 15 is 0 Å². The number of ether oxygens (including phenoxy) is 2. The first kappa shape index (κ1) is 26.6. The number of thioether (sulfide) groups is 1. The normalized spacial score (nSPS) is 16.5. The van der Waals surface area contributed by atoms with Gasteiger partial charge in [0.15, 0.2) is 16.7 Å². The van der Waals surface area contributed by atoms with Crippen molar-refractivity contribution in [3.8, 4) is 11.5 Å². The van der Waals surface area contributed by atoms with E-state index in [-0.39, 0.29) is 12.0 Å². The minimum Gasteiger partial charge on any atom is -0.493 e. The molecule has 0 N–H and O–H groups in total. The molecule has 1 saturated heterocycles. The molecule has 192 valence electrons. The predicted octanol–water partition coefficient (Wildman–Crippen LogP) is 7.81. The first-order valence-electron chi connectivity index (χ1n) is 12.8. The SMILES string of the molecule is CCc1ccc(N=C2S/C(=C\c3cccc(OC)c3O[C@@H](C)CC)C(=O)N2c2ccc(CC)cc2)cc1. The number of methoxy groups -OCH3 is 1. The lowest BCUT2D eigenvalue weighted by molar-refractivity contribution is -0.113. The minimum atomic E-state index is -0.115. The van der Waals surface area contributed by atoms with Crippen LogP contribution in [-0.4, -0.2) is 24.3 Å². The van der Waals surface area contributed by atoms with Crippen LogP contribution in [0, 0.1) is 0 Å². The molecule has 0 bridgehead atoms. The Morgan fingerprint density at radius 2 is 1.59 bits per heavy atom. The first-order valence-corrected chi connectivity index (χ1v) is 13.6. The van der Waals surface area contributed by atoms with Gasteiger partial charge in [-0.3, -0.25) is 9.69 Å². The molecule has 1 atom stereocenters. The van der Waals surface area contributed by atoms with Crippen molar-refractivity contribution < 1.29 is 14.3 Å². The predicted molar refractivity (Wildman–Crippen MR) is 155 cm³/mol. The third-order valence-electron chi connectivity index (χ3n) is 6.39. The van der Waals surface area contributed by atoms with Crippen LogP contribution in [-0.2, 0) is 17.6 Å². The van der Waals surface area contributed by atoms with E-state index in [9.17, 15) is 4.79 Å². The van der Waals surface area contributed by atoms with Gasteiger partial charge in [-0.2, -0.15) is 0 Å². The fraction of sp³-hybridized carbons (Fsp3) is 0.290. The third-order valence-corrected chi connectivity index (χ3v) is 7.36. The van der Waals surface area contributed by atoms with E-state index in [1.807, 2.05) is 55.5 Å². The molecule has 6 heteroatoms. The van der Waals surface area contributed by atoms with E-state index in [1.54, 1.807) is 12.0 Å². The zero-order chi connectivity index (χ0) is 26.4. The average Bonchev–Trinajstić information content (AvgIpc) is 3.23. The molecular formula is C31H34N2O3S. The largest absolute Gasteiger partial charge is 0.493 e. The van der Waals surface area contributed by atoms with Gasteiger partial charge in [0.1, 0.15) is 0 Å². The molecule has 0 spiro atoms. The van der Waals surface area contributed by atoms with Crippen molar-refractivity contribution in [2.75, 3.05) is 12.0 Å². The quantitative estimate of drug-likeness (QED) is 0.273. The molecule has 3 aromatic carbocycles. The number of carbonyl (C=O) groups excluding carboxylic acids is 1. The van der Waals surface area contributed by atoms with Gasteiger partial charge in [0.2, 0.25) is 0 Å². The lowest BCUT2D eigenvalue weighted by atomic mass is 10.1. The number of anilines is 1. The highest BCUT2D eigenvalue weighted by atomic mass is 32.2. The standard InChI is InChI=1S/C31H34N2O3S/c1-6-21(4)36-29-24(10-9-11-27(29)35-5)20-28-30(34)33(26-18-14-23(8-3)15-19-26)31(37-28)32-25-16-12-22(7-2)13-17-25/h9-21H,6-8H2,1-5H3/b28-20-,32-31?/t21-/m0/s1. The van der Waals surface area contributed by atoms with E-state index in [0.29, 0.717) is 21.6 Å². The van der Waals surface area contributed by atoms with Gasteiger partial charge in [-0.1, -0.05) is 57.2 Å². The highest BCUT2D eigenvalue weighted by Crippen LogP contribution is 2.40. The van der Waals surface area contributed by atoms with E-state index in [0.717, 1.165) is 36.2 Å². The van der Waals surface area contributed by atoms with Crippen LogP contribution in [0.1, 0.15) is 50.8 Å². The summed E-state index contributed by atoms with van der Waals surface area (Å²) in [5, 5.41) is 0.622. The Balaban J connectivity index is 1.78. The number of carbonyl (C=O) groups is 1. The number of amidine groups is 1. The Morgan fingerprint density at radius 1 is 0.946 bits per heavy atom. The number of aliphatic imine (C=N–C) groups is 1. The second-order valence-electron chi connectivity index (χ2n) is 8.90. The first-order chi connectivity index (χ1) is 18.0. The summed E-state index contributed by atoms with van der Waals surface area (Å²) < 4.78 is 11.8. The topological polar surface area (TPSA) is 51.1 Å². The van der Waals surface area contributed by atoms with Crippen molar-refractivity contribution >= 4 is 40.3 Å². The van der Waals surface area contributed by atoms with Crippen LogP contribution in [0.2, 0.25) is 0 Å². The van der Waals surface area contributed by atoms with Gasteiger partial charge in [0.25, 0.3) is 5.91 Å². The number of amides is 1. The summed E-state index contributed by atoms with van der Waals surface area (Å²) in [6, 6.07) is 22.0. The molecule has 1 aliphatic heterocycles. The number of rotatable bonds is 9. The maximum absolute atomic E-state index is 13.8. The Kier molecular flexibility index (Phi) is 8.72. The lowest BCUT2D eigenvalue weighted by Crippen LogP contribution is -2.28. The van der Waals surface area contributed by atoms with E-state index in [2.05, 4.69) is 45.0 Å². The maximum atomic E-state index is 13.8. The molecule has 1 aliphatic rings. The van der Waals surface area contributed by atoms with Crippen LogP contribution in [0.5, 0.6) is 11.5 Å². The van der Waals surface area contributed by atoms with Gasteiger partial charge in [0, 0.05) is 5.56 Å². The van der Waals surface area contributed by atoms with E-state index in [1.165, 1.54) is 22.9 Å². The lowest BCUT2D eigenvalue weighted by Gasteiger charge is -2.18. The molecule has 0 saturated carbocycles. The molecule has 1 heterocycles. The van der Waals surface area contributed by atoms with Crippen molar-refractivity contribution in [3.05, 3.63) is 88.3 Å². The summed E-state index contributed by atoms with van der Waals surface area (Å²) in [6.45, 7) is 8.34. The number of hydrogen-bond acceptors (Lipinski definition) is 5. The average molecular weight is 515 g/mol. The monoisotopic (exact) mass is 514 g/mol. The van der Waals surface area contributed by atoms with Crippen molar-refractivity contribution in [2.45, 2.75) is 53.1 Å². The van der Waals surface area contributed by atoms with Crippen molar-refractivity contribution in [1.82, 2.24) is 0 Å². The van der Waals surface area contributed by atoms with E-state index < -0.39 is 0 Å². The maximum Gasteiger partial charge on any atom is 0.271 e. The number of aryl methyl sites for hydroxylation is 2. The highest BCUT2D eigenvalue weighted by molar-refractivity contribution is 8.19. The van der Waals surface area contributed by atoms with Crippen LogP contribution < -0.4 is 14.4 Å². The molecule has 1 fully saturated rings. The zero-order valence-electron chi connectivity index (χ0n) is 22.2. The molecular weight excluding hydrogens is 480 g/mol. The van der Waals surface area contributed by atoms with Crippen molar-refractivity contribution in [3.63, 3.8) is 0 Å². The van der Waals surface area contributed by atoms with E-state index in [4.69, 9.17) is 14.5 Å². The smallest absolute Gasteiger partial charge is 0.271 e. The van der Waals surface area contributed by atoms with Crippen molar-refractivity contribution in [1.29, 1.82) is 0 Å². The summed E-state index contributed by atoms with van der Waals surface area (Å²) >= 11 is 1.37. The second kappa shape index (κ2) is 12.2. The molecule has 5 nitrogen and oxygen atoms in total. The van der Waals surface area contributed by atoms with Crippen LogP contribution in [0.25, 0.3) is 6.08 Å². The van der Waals surface area contributed by atoms with Gasteiger partial charge in [-0.15, -0.1) is 0 Å². The summed E-state index contributed by atoms with van der Waals surface area (Å²) in [7, 11) is 1.63. The molecule has 4 rings (SSSR count). The summed E-state index contributed by atoms with van der Waals surface area (Å²) in [4.78, 5) is 20.9. The van der Waals surface area contributed by atoms with Gasteiger partial charge in [-0.05, 0) is 85.5 Å². The summed E-state index contributed by atoms with van der Waals surface area (Å²) in [5.41, 5.74) is 4.87. The molecule has 37 heavy (non-hydrogen) atoms. The van der Waals surface area contributed by atoms with Gasteiger partial charge >= 0.3 is 0 Å². The number of benzene rings is 3. The number of nitrogens with zero attached hydrogens (tertiary/aromatic N) is 2. The second-order valence-corrected chi connectivity index (χ2v) is 9.91. The Bertz CT molecular complexity index is 1300. The third kappa shape index (κ3) is 6.08. The number of hydrogen-bond donors (Lipinski definition) is 0. The fourth-order valence-corrected chi connectivity index (χ4v) is 4.92. The van der Waals surface area contributed by atoms with Gasteiger partial charge in [-0.25, -0.2) is 4.99 Å². The Labute approximate surface area is 224 Å². The van der Waals surface area contributed by atoms with Crippen LogP contribution in [0.15, 0.2) is 76.6 Å². The highest BCUT2D eigenvalue weighted by Gasteiger charge is 2.35. The Hall–Kier alpha value is -3.51. The molecule has 3 aromatic rings. The minimum absolute atomic E-state index is 0.0113. The molecule has 1 amide bonds. The van der Waals surface area contributed by atoms with Crippen molar-refractivity contribution in [2.24, 2.45) is 4.99 Å². The van der Waals surface area contributed by atoms with Crippen LogP contribution >= 0.6 is 11.8 Å². The fourth-order valence-electron chi connectivity index (χ4n) is 3.93. The zero-order valence-corrected chi connectivity index (χ0v) is 23.0. The molecule has 0 aliphatic carbocycles. The Morgan fingerprint density at radius 3 is 2.19 bits per heavy atom. The molecule has 0 unspecified atom stereocenters. The molecule has 0 radical (unpaired) electrons. The van der Waals surface area contributed by atoms with Gasteiger partial charge < -0.3 is 9.47 Å².